The number of rotatable bonds is 4. The van der Waals surface area contributed by atoms with Crippen LogP contribution in [0.4, 0.5) is 0 Å². The number of hydrogen-bond donors (Lipinski definition) is 0. The molecule has 160 valence electrons. The van der Waals surface area contributed by atoms with Gasteiger partial charge in [0, 0.05) is 72.3 Å². The van der Waals surface area contributed by atoms with Gasteiger partial charge in [0.05, 0.1) is 12.2 Å². The molecule has 0 aromatic carbocycles. The first kappa shape index (κ1) is 20.2. The highest BCUT2D eigenvalue weighted by Gasteiger charge is 2.45. The minimum atomic E-state index is -0.0730. The fourth-order valence-electron chi connectivity index (χ4n) is 5.41. The minimum Gasteiger partial charge on any atom is -0.370 e. The summed E-state index contributed by atoms with van der Waals surface area (Å²) in [4.78, 5) is 24.2. The van der Waals surface area contributed by atoms with E-state index < -0.39 is 0 Å². The third-order valence-corrected chi connectivity index (χ3v) is 8.46. The van der Waals surface area contributed by atoms with Crippen molar-refractivity contribution in [3.8, 4) is 0 Å². The van der Waals surface area contributed by atoms with Crippen LogP contribution in [0.3, 0.4) is 0 Å². The van der Waals surface area contributed by atoms with E-state index in [0.29, 0.717) is 12.0 Å². The Kier molecular flexibility index (Phi) is 5.42. The van der Waals surface area contributed by atoms with E-state index in [0.717, 1.165) is 64.0 Å². The van der Waals surface area contributed by atoms with Crippen LogP contribution in [-0.4, -0.2) is 59.5 Å². The summed E-state index contributed by atoms with van der Waals surface area (Å²) in [5.74, 6) is 0.703. The number of likely N-dealkylation sites (tertiary alicyclic amines) is 2. The summed E-state index contributed by atoms with van der Waals surface area (Å²) in [6, 6.07) is 6.53. The molecule has 1 amide bonds. The lowest BCUT2D eigenvalue weighted by Crippen LogP contribution is -2.57. The van der Waals surface area contributed by atoms with E-state index in [-0.39, 0.29) is 11.5 Å². The molecule has 5 nitrogen and oxygen atoms in total. The monoisotopic (exact) mass is 425 g/mol. The first-order valence-electron chi connectivity index (χ1n) is 11.3. The highest BCUT2D eigenvalue weighted by Crippen LogP contribution is 2.46. The zero-order chi connectivity index (χ0) is 20.7. The molecule has 0 radical (unpaired) electrons. The van der Waals surface area contributed by atoms with Crippen molar-refractivity contribution in [2.75, 3.05) is 32.8 Å². The SMILES string of the molecule is CCc1cc2c(s1)CCO[C@@]21CCN(CC2CN(C(=O)c3ccncc3)C2)[C@@H](C)C1. The number of hydrogen-bond acceptors (Lipinski definition) is 5. The second-order valence-corrected chi connectivity index (χ2v) is 10.3. The zero-order valence-electron chi connectivity index (χ0n) is 18.0. The van der Waals surface area contributed by atoms with Gasteiger partial charge < -0.3 is 14.5 Å². The molecule has 2 aromatic rings. The van der Waals surface area contributed by atoms with Crippen LogP contribution in [0.2, 0.25) is 0 Å². The smallest absolute Gasteiger partial charge is 0.253 e. The van der Waals surface area contributed by atoms with Gasteiger partial charge >= 0.3 is 0 Å². The maximum Gasteiger partial charge on any atom is 0.253 e. The molecule has 3 aliphatic heterocycles. The number of amides is 1. The quantitative estimate of drug-likeness (QED) is 0.749. The molecule has 2 fully saturated rings. The first-order chi connectivity index (χ1) is 14.6. The number of piperidine rings is 1. The average molecular weight is 426 g/mol. The first-order valence-corrected chi connectivity index (χ1v) is 12.1. The van der Waals surface area contributed by atoms with Crippen LogP contribution in [0.5, 0.6) is 0 Å². The van der Waals surface area contributed by atoms with Crippen LogP contribution in [0.15, 0.2) is 30.6 Å². The third kappa shape index (κ3) is 3.59. The lowest BCUT2D eigenvalue weighted by atomic mass is 9.79. The van der Waals surface area contributed by atoms with Crippen LogP contribution in [0.1, 0.15) is 52.4 Å². The van der Waals surface area contributed by atoms with Crippen molar-refractivity contribution in [1.82, 2.24) is 14.8 Å². The summed E-state index contributed by atoms with van der Waals surface area (Å²) in [5, 5.41) is 0. The van der Waals surface area contributed by atoms with E-state index in [1.54, 1.807) is 29.4 Å². The number of aromatic nitrogens is 1. The number of thiophene rings is 1. The van der Waals surface area contributed by atoms with Gasteiger partial charge in [-0.15, -0.1) is 11.3 Å². The molecule has 3 aliphatic rings. The molecule has 30 heavy (non-hydrogen) atoms. The number of ether oxygens (including phenoxy) is 1. The molecule has 1 spiro atoms. The standard InChI is InChI=1S/C24H31N3O2S/c1-3-20-12-21-22(30-20)6-11-29-24(21)7-10-26(17(2)13-24)14-18-15-27(16-18)23(28)19-4-8-25-9-5-19/h4-5,8-9,12,17-18H,3,6-7,10-11,13-16H2,1-2H3/t17-,24+/m0/s1. The van der Waals surface area contributed by atoms with Crippen molar-refractivity contribution in [1.29, 1.82) is 0 Å². The third-order valence-electron chi connectivity index (χ3n) is 7.12. The molecule has 5 heterocycles. The fraction of sp³-hybridized carbons (Fsp3) is 0.583. The Morgan fingerprint density at radius 3 is 2.87 bits per heavy atom. The molecular weight excluding hydrogens is 394 g/mol. The Labute approximate surface area is 183 Å². The molecule has 6 heteroatoms. The molecule has 2 saturated heterocycles. The number of carbonyl (C=O) groups is 1. The summed E-state index contributed by atoms with van der Waals surface area (Å²) < 4.78 is 6.47. The molecule has 0 N–H and O–H groups in total. The van der Waals surface area contributed by atoms with Gasteiger partial charge in [0.25, 0.3) is 5.91 Å². The second-order valence-electron chi connectivity index (χ2n) is 9.11. The van der Waals surface area contributed by atoms with Crippen molar-refractivity contribution in [2.24, 2.45) is 5.92 Å². The van der Waals surface area contributed by atoms with Crippen LogP contribution < -0.4 is 0 Å². The van der Waals surface area contributed by atoms with E-state index >= 15 is 0 Å². The molecule has 2 aromatic heterocycles. The van der Waals surface area contributed by atoms with Crippen molar-refractivity contribution in [3.05, 3.63) is 51.5 Å². The molecule has 0 aliphatic carbocycles. The summed E-state index contributed by atoms with van der Waals surface area (Å²) >= 11 is 1.99. The highest BCUT2D eigenvalue weighted by molar-refractivity contribution is 7.12. The summed E-state index contributed by atoms with van der Waals surface area (Å²) in [7, 11) is 0. The van der Waals surface area contributed by atoms with E-state index in [1.807, 2.05) is 16.2 Å². The molecule has 2 atom stereocenters. The lowest BCUT2D eigenvalue weighted by molar-refractivity contribution is -0.114. The largest absolute Gasteiger partial charge is 0.370 e. The number of nitrogens with zero attached hydrogens (tertiary/aromatic N) is 3. The topological polar surface area (TPSA) is 45.7 Å². The number of fused-ring (bicyclic) bond motifs is 2. The minimum absolute atomic E-state index is 0.0730. The molecule has 0 saturated carbocycles. The Hall–Kier alpha value is -1.76. The van der Waals surface area contributed by atoms with Gasteiger partial charge in [0.15, 0.2) is 0 Å². The Morgan fingerprint density at radius 1 is 1.33 bits per heavy atom. The molecule has 5 rings (SSSR count). The fourth-order valence-corrected chi connectivity index (χ4v) is 6.58. The maximum atomic E-state index is 12.5. The predicted molar refractivity (Wildman–Crippen MR) is 119 cm³/mol. The lowest BCUT2D eigenvalue weighted by Gasteiger charge is -2.49. The summed E-state index contributed by atoms with van der Waals surface area (Å²) in [5.41, 5.74) is 2.15. The van der Waals surface area contributed by atoms with Crippen LogP contribution in [0, 0.1) is 5.92 Å². The number of pyridine rings is 1. The van der Waals surface area contributed by atoms with Gasteiger partial charge in [-0.2, -0.15) is 0 Å². The van der Waals surface area contributed by atoms with Crippen molar-refractivity contribution in [2.45, 2.75) is 51.2 Å². The van der Waals surface area contributed by atoms with E-state index in [4.69, 9.17) is 4.74 Å². The van der Waals surface area contributed by atoms with Crippen LogP contribution >= 0.6 is 11.3 Å². The molecule has 0 unspecified atom stereocenters. The van der Waals surface area contributed by atoms with E-state index in [9.17, 15) is 4.79 Å². The van der Waals surface area contributed by atoms with Crippen molar-refractivity contribution >= 4 is 17.2 Å². The number of carbonyl (C=O) groups excluding carboxylic acids is 1. The van der Waals surface area contributed by atoms with E-state index in [1.165, 1.54) is 10.4 Å². The molecular formula is C24H31N3O2S. The highest BCUT2D eigenvalue weighted by atomic mass is 32.1. The van der Waals surface area contributed by atoms with Gasteiger partial charge in [0.1, 0.15) is 0 Å². The molecule has 0 bridgehead atoms. The maximum absolute atomic E-state index is 12.5. The van der Waals surface area contributed by atoms with Crippen LogP contribution in [0.25, 0.3) is 0 Å². The Bertz CT molecular complexity index is 908. The van der Waals surface area contributed by atoms with Crippen LogP contribution in [-0.2, 0) is 23.2 Å². The van der Waals surface area contributed by atoms with Crippen molar-refractivity contribution in [3.63, 3.8) is 0 Å². The second kappa shape index (κ2) is 8.06. The van der Waals surface area contributed by atoms with Gasteiger partial charge in [-0.05, 0) is 49.9 Å². The Balaban J connectivity index is 1.18. The summed E-state index contributed by atoms with van der Waals surface area (Å²) in [6.07, 6.45) is 7.72. The normalized spacial score (nSPS) is 27.1. The summed E-state index contributed by atoms with van der Waals surface area (Å²) in [6.45, 7) is 9.33. The Morgan fingerprint density at radius 2 is 2.13 bits per heavy atom. The zero-order valence-corrected chi connectivity index (χ0v) is 18.8. The van der Waals surface area contributed by atoms with E-state index in [2.05, 4.69) is 29.8 Å². The van der Waals surface area contributed by atoms with Gasteiger partial charge in [-0.25, -0.2) is 0 Å². The predicted octanol–water partition coefficient (Wildman–Crippen LogP) is 3.73. The van der Waals surface area contributed by atoms with Gasteiger partial charge in [-0.3, -0.25) is 9.78 Å². The van der Waals surface area contributed by atoms with Gasteiger partial charge in [0.2, 0.25) is 0 Å². The van der Waals surface area contributed by atoms with Crippen molar-refractivity contribution < 1.29 is 9.53 Å². The average Bonchev–Trinajstić information content (AvgIpc) is 3.17. The van der Waals surface area contributed by atoms with Gasteiger partial charge in [-0.1, -0.05) is 6.92 Å². The number of aryl methyl sites for hydroxylation is 1.